The molecule has 1 aliphatic rings. The second kappa shape index (κ2) is 7.26. The molecule has 0 saturated heterocycles. The van der Waals surface area contributed by atoms with Crippen LogP contribution in [0.1, 0.15) is 27.0 Å². The fraction of sp³-hybridized carbons (Fsp3) is 0.263. The lowest BCUT2D eigenvalue weighted by Gasteiger charge is -2.20. The van der Waals surface area contributed by atoms with Gasteiger partial charge in [-0.15, -0.1) is 0 Å². The Morgan fingerprint density at radius 3 is 2.71 bits per heavy atom. The molecular formula is C19H18ClNO3. The number of carbonyl (C=O) groups excluding carboxylic acids is 2. The maximum Gasteiger partial charge on any atom is 0.188 e. The molecule has 124 valence electrons. The molecule has 0 bridgehead atoms. The summed E-state index contributed by atoms with van der Waals surface area (Å²) in [4.78, 5) is 26.0. The van der Waals surface area contributed by atoms with E-state index in [0.29, 0.717) is 36.6 Å². The zero-order valence-electron chi connectivity index (χ0n) is 13.2. The third kappa shape index (κ3) is 3.90. The quantitative estimate of drug-likeness (QED) is 0.867. The first-order chi connectivity index (χ1) is 11.5. The van der Waals surface area contributed by atoms with Gasteiger partial charge in [0.25, 0.3) is 0 Å². The first kappa shape index (κ1) is 16.8. The lowest BCUT2D eigenvalue weighted by Crippen LogP contribution is -2.27. The molecule has 24 heavy (non-hydrogen) atoms. The molecule has 0 amide bonds. The summed E-state index contributed by atoms with van der Waals surface area (Å²) < 4.78 is 0. The van der Waals surface area contributed by atoms with E-state index in [-0.39, 0.29) is 11.6 Å². The van der Waals surface area contributed by atoms with Gasteiger partial charge in [-0.3, -0.25) is 14.5 Å². The number of carbonyl (C=O) groups is 2. The standard InChI is InChI=1S/C19H18ClNO3/c20-17-3-1-2-13(6-17)9-21-10-16-7-15(19(24)12-22)5-4-14(16)8-18(23)11-21/h1-7,22H,8-12H2. The van der Waals surface area contributed by atoms with Crippen molar-refractivity contribution in [3.63, 3.8) is 0 Å². The van der Waals surface area contributed by atoms with E-state index in [0.717, 1.165) is 16.7 Å². The summed E-state index contributed by atoms with van der Waals surface area (Å²) in [6, 6.07) is 12.9. The Morgan fingerprint density at radius 1 is 1.12 bits per heavy atom. The molecule has 0 fully saturated rings. The van der Waals surface area contributed by atoms with Crippen LogP contribution >= 0.6 is 11.6 Å². The van der Waals surface area contributed by atoms with Crippen LogP contribution in [0.3, 0.4) is 0 Å². The van der Waals surface area contributed by atoms with Crippen molar-refractivity contribution in [3.8, 4) is 0 Å². The molecule has 2 aromatic carbocycles. The summed E-state index contributed by atoms with van der Waals surface area (Å²) in [6.45, 7) is 1.05. The molecule has 5 heteroatoms. The van der Waals surface area contributed by atoms with Gasteiger partial charge >= 0.3 is 0 Å². The molecule has 0 radical (unpaired) electrons. The first-order valence-corrected chi connectivity index (χ1v) is 8.17. The maximum absolute atomic E-state index is 12.2. The maximum atomic E-state index is 12.2. The summed E-state index contributed by atoms with van der Waals surface area (Å²) >= 11 is 6.03. The van der Waals surface area contributed by atoms with Crippen LogP contribution in [0.25, 0.3) is 0 Å². The van der Waals surface area contributed by atoms with Crippen molar-refractivity contribution in [2.24, 2.45) is 0 Å². The molecule has 2 aromatic rings. The Labute approximate surface area is 145 Å². The van der Waals surface area contributed by atoms with E-state index in [9.17, 15) is 9.59 Å². The van der Waals surface area contributed by atoms with E-state index in [1.807, 2.05) is 35.2 Å². The zero-order valence-corrected chi connectivity index (χ0v) is 13.9. The molecule has 0 spiro atoms. The number of aliphatic hydroxyl groups is 1. The summed E-state index contributed by atoms with van der Waals surface area (Å²) in [5.41, 5.74) is 3.43. The van der Waals surface area contributed by atoms with Gasteiger partial charge < -0.3 is 5.11 Å². The molecular weight excluding hydrogens is 326 g/mol. The molecule has 4 nitrogen and oxygen atoms in total. The largest absolute Gasteiger partial charge is 0.388 e. The highest BCUT2D eigenvalue weighted by Gasteiger charge is 2.21. The molecule has 0 unspecified atom stereocenters. The van der Waals surface area contributed by atoms with Gasteiger partial charge in [0.15, 0.2) is 11.6 Å². The van der Waals surface area contributed by atoms with E-state index < -0.39 is 6.61 Å². The molecule has 0 aliphatic carbocycles. The van der Waals surface area contributed by atoms with Gasteiger partial charge in [0, 0.05) is 30.1 Å². The SMILES string of the molecule is O=C1Cc2ccc(C(=O)CO)cc2CN(Cc2cccc(Cl)c2)C1. The number of ketones is 2. The third-order valence-electron chi connectivity index (χ3n) is 4.15. The van der Waals surface area contributed by atoms with Gasteiger partial charge in [-0.05, 0) is 34.9 Å². The van der Waals surface area contributed by atoms with Crippen LogP contribution in [0.2, 0.25) is 5.02 Å². The fourth-order valence-corrected chi connectivity index (χ4v) is 3.24. The fourth-order valence-electron chi connectivity index (χ4n) is 3.03. The molecule has 0 atom stereocenters. The van der Waals surface area contributed by atoms with Crippen molar-refractivity contribution in [3.05, 3.63) is 69.7 Å². The number of fused-ring (bicyclic) bond motifs is 1. The number of nitrogens with zero attached hydrogens (tertiary/aromatic N) is 1. The molecule has 1 aliphatic heterocycles. The second-order valence-corrected chi connectivity index (χ2v) is 6.49. The van der Waals surface area contributed by atoms with Crippen LogP contribution in [0.4, 0.5) is 0 Å². The normalized spacial score (nSPS) is 15.0. The van der Waals surface area contributed by atoms with Gasteiger partial charge in [0.1, 0.15) is 6.61 Å². The third-order valence-corrected chi connectivity index (χ3v) is 4.38. The Bertz CT molecular complexity index is 788. The number of rotatable bonds is 4. The minimum absolute atomic E-state index is 0.150. The monoisotopic (exact) mass is 343 g/mol. The predicted molar refractivity (Wildman–Crippen MR) is 92.1 cm³/mol. The van der Waals surface area contributed by atoms with Crippen molar-refractivity contribution >= 4 is 23.2 Å². The Kier molecular flexibility index (Phi) is 5.09. The smallest absolute Gasteiger partial charge is 0.188 e. The molecule has 1 N–H and O–H groups in total. The van der Waals surface area contributed by atoms with Crippen molar-refractivity contribution in [2.75, 3.05) is 13.2 Å². The van der Waals surface area contributed by atoms with Gasteiger partial charge in [-0.2, -0.15) is 0 Å². The van der Waals surface area contributed by atoms with E-state index in [1.54, 1.807) is 12.1 Å². The number of aliphatic hydroxyl groups excluding tert-OH is 1. The zero-order chi connectivity index (χ0) is 17.1. The van der Waals surface area contributed by atoms with Gasteiger partial charge in [0.05, 0.1) is 6.54 Å². The summed E-state index contributed by atoms with van der Waals surface area (Å²) in [7, 11) is 0. The van der Waals surface area contributed by atoms with E-state index >= 15 is 0 Å². The Hall–Kier alpha value is -2.01. The number of hydrogen-bond donors (Lipinski definition) is 1. The highest BCUT2D eigenvalue weighted by Crippen LogP contribution is 2.21. The number of hydrogen-bond acceptors (Lipinski definition) is 4. The minimum atomic E-state index is -0.510. The minimum Gasteiger partial charge on any atom is -0.388 e. The summed E-state index contributed by atoms with van der Waals surface area (Å²) in [6.07, 6.45) is 0.370. The lowest BCUT2D eigenvalue weighted by atomic mass is 9.99. The van der Waals surface area contributed by atoms with Crippen LogP contribution < -0.4 is 0 Å². The second-order valence-electron chi connectivity index (χ2n) is 6.06. The van der Waals surface area contributed by atoms with Crippen molar-refractivity contribution < 1.29 is 14.7 Å². The number of benzene rings is 2. The van der Waals surface area contributed by atoms with E-state index in [1.165, 1.54) is 0 Å². The topological polar surface area (TPSA) is 57.6 Å². The molecule has 0 aromatic heterocycles. The summed E-state index contributed by atoms with van der Waals surface area (Å²) in [5, 5.41) is 9.71. The lowest BCUT2D eigenvalue weighted by molar-refractivity contribution is -0.119. The average Bonchev–Trinajstić information content (AvgIpc) is 2.70. The summed E-state index contributed by atoms with van der Waals surface area (Å²) in [5.74, 6) is -0.160. The number of halogens is 1. The van der Waals surface area contributed by atoms with Crippen molar-refractivity contribution in [1.82, 2.24) is 4.90 Å². The highest BCUT2D eigenvalue weighted by molar-refractivity contribution is 6.30. The van der Waals surface area contributed by atoms with Crippen molar-refractivity contribution in [2.45, 2.75) is 19.5 Å². The van der Waals surface area contributed by atoms with Crippen LogP contribution in [-0.4, -0.2) is 34.7 Å². The van der Waals surface area contributed by atoms with Gasteiger partial charge in [0.2, 0.25) is 0 Å². The van der Waals surface area contributed by atoms with Crippen LogP contribution in [0.5, 0.6) is 0 Å². The first-order valence-electron chi connectivity index (χ1n) is 7.79. The average molecular weight is 344 g/mol. The molecule has 3 rings (SSSR count). The predicted octanol–water partition coefficient (Wildman–Crippen LogP) is 2.64. The number of Topliss-reactive ketones (excluding diaryl/α,β-unsaturated/α-hetero) is 2. The van der Waals surface area contributed by atoms with Crippen LogP contribution in [-0.2, 0) is 24.3 Å². The Balaban J connectivity index is 1.86. The van der Waals surface area contributed by atoms with Crippen molar-refractivity contribution in [1.29, 1.82) is 0 Å². The van der Waals surface area contributed by atoms with Crippen LogP contribution in [0.15, 0.2) is 42.5 Å². The molecule has 1 heterocycles. The van der Waals surface area contributed by atoms with E-state index in [2.05, 4.69) is 0 Å². The van der Waals surface area contributed by atoms with Crippen LogP contribution in [0, 0.1) is 0 Å². The van der Waals surface area contributed by atoms with Gasteiger partial charge in [-0.25, -0.2) is 0 Å². The van der Waals surface area contributed by atoms with Gasteiger partial charge in [-0.1, -0.05) is 35.9 Å². The Morgan fingerprint density at radius 2 is 1.96 bits per heavy atom. The van der Waals surface area contributed by atoms with E-state index in [4.69, 9.17) is 16.7 Å². The highest BCUT2D eigenvalue weighted by atomic mass is 35.5. The molecule has 0 saturated carbocycles.